The number of thioether (sulfide) groups is 1. The van der Waals surface area contributed by atoms with E-state index in [2.05, 4.69) is 23.4 Å². The quantitative estimate of drug-likeness (QED) is 0.728. The Bertz CT molecular complexity index is 174. The minimum atomic E-state index is 0.812. The Morgan fingerprint density at radius 2 is 2.31 bits per heavy atom. The van der Waals surface area contributed by atoms with Gasteiger partial charge in [0.2, 0.25) is 0 Å². The molecule has 0 aromatic carbocycles. The predicted octanol–water partition coefficient (Wildman–Crippen LogP) is 0.889. The highest BCUT2D eigenvalue weighted by Crippen LogP contribution is 2.31. The maximum absolute atomic E-state index is 3.50. The van der Waals surface area contributed by atoms with Crippen LogP contribution in [-0.2, 0) is 0 Å². The number of likely N-dealkylation sites (tertiary alicyclic amines) is 1. The van der Waals surface area contributed by atoms with Crippen LogP contribution in [0, 0.1) is 11.8 Å². The van der Waals surface area contributed by atoms with Crippen LogP contribution in [0.2, 0.25) is 0 Å². The Morgan fingerprint density at radius 3 is 3.00 bits per heavy atom. The summed E-state index contributed by atoms with van der Waals surface area (Å²) < 4.78 is 0. The van der Waals surface area contributed by atoms with Crippen LogP contribution in [0.5, 0.6) is 0 Å². The van der Waals surface area contributed by atoms with E-state index < -0.39 is 0 Å². The van der Waals surface area contributed by atoms with E-state index in [-0.39, 0.29) is 0 Å². The summed E-state index contributed by atoms with van der Waals surface area (Å²) in [6.45, 7) is 7.53. The lowest BCUT2D eigenvalue weighted by Gasteiger charge is -2.23. The summed E-state index contributed by atoms with van der Waals surface area (Å²) in [6.07, 6.45) is 2.20. The summed E-state index contributed by atoms with van der Waals surface area (Å²) in [7, 11) is 0. The third-order valence-electron chi connectivity index (χ3n) is 3.64. The highest BCUT2D eigenvalue weighted by atomic mass is 32.2. The van der Waals surface area contributed by atoms with Crippen LogP contribution >= 0.6 is 11.8 Å². The molecule has 0 amide bonds. The average molecular weight is 200 g/mol. The molecule has 0 radical (unpaired) electrons. The Hall–Kier alpha value is 0.270. The predicted molar refractivity (Wildman–Crippen MR) is 59.3 cm³/mol. The maximum Gasteiger partial charge on any atom is 0.0111 e. The number of hydrogen-bond donors (Lipinski definition) is 1. The lowest BCUT2D eigenvalue weighted by Crippen LogP contribution is -2.34. The lowest BCUT2D eigenvalue weighted by molar-refractivity contribution is 0.254. The number of nitrogens with one attached hydrogen (secondary N) is 1. The molecule has 1 N–H and O–H groups in total. The van der Waals surface area contributed by atoms with E-state index in [1.165, 1.54) is 31.9 Å². The lowest BCUT2D eigenvalue weighted by atomic mass is 9.95. The second-order valence-corrected chi connectivity index (χ2v) is 5.30. The summed E-state index contributed by atoms with van der Waals surface area (Å²) >= 11 is 1.96. The molecule has 2 fully saturated rings. The third-order valence-corrected chi connectivity index (χ3v) is 4.23. The van der Waals surface area contributed by atoms with Crippen molar-refractivity contribution in [3.63, 3.8) is 0 Å². The van der Waals surface area contributed by atoms with Gasteiger partial charge in [-0.15, -0.1) is 0 Å². The summed E-state index contributed by atoms with van der Waals surface area (Å²) in [6, 6.07) is 0.812. The summed E-state index contributed by atoms with van der Waals surface area (Å²) in [5.74, 6) is 3.16. The fraction of sp³-hybridized carbons (Fsp3) is 1.00. The number of fused-ring (bicyclic) bond motifs is 1. The first-order valence-electron chi connectivity index (χ1n) is 5.26. The van der Waals surface area contributed by atoms with Gasteiger partial charge in [-0.25, -0.2) is 0 Å². The van der Waals surface area contributed by atoms with E-state index >= 15 is 0 Å². The Balaban J connectivity index is 1.87. The molecule has 13 heavy (non-hydrogen) atoms. The van der Waals surface area contributed by atoms with Gasteiger partial charge in [0.15, 0.2) is 0 Å². The van der Waals surface area contributed by atoms with Crippen molar-refractivity contribution in [3.8, 4) is 0 Å². The molecular formula is C10H20N2S. The van der Waals surface area contributed by atoms with Gasteiger partial charge >= 0.3 is 0 Å². The maximum atomic E-state index is 3.50. The van der Waals surface area contributed by atoms with Crippen LogP contribution < -0.4 is 5.32 Å². The van der Waals surface area contributed by atoms with E-state index in [0.717, 1.165) is 17.9 Å². The second-order valence-electron chi connectivity index (χ2n) is 4.31. The Kier molecular flexibility index (Phi) is 3.17. The fourth-order valence-electron chi connectivity index (χ4n) is 2.76. The molecule has 3 heteroatoms. The van der Waals surface area contributed by atoms with E-state index in [0.29, 0.717) is 0 Å². The average Bonchev–Trinajstić information content (AvgIpc) is 2.67. The largest absolute Gasteiger partial charge is 0.316 e. The molecule has 0 aromatic heterocycles. The molecule has 2 aliphatic heterocycles. The van der Waals surface area contributed by atoms with Gasteiger partial charge < -0.3 is 5.32 Å². The molecule has 0 aromatic rings. The normalized spacial score (nSPS) is 39.7. The second kappa shape index (κ2) is 4.20. The molecule has 3 unspecified atom stereocenters. The number of nitrogens with zero attached hydrogens (tertiary/aromatic N) is 1. The van der Waals surface area contributed by atoms with Crippen molar-refractivity contribution in [1.82, 2.24) is 10.2 Å². The topological polar surface area (TPSA) is 15.3 Å². The van der Waals surface area contributed by atoms with Crippen molar-refractivity contribution in [1.29, 1.82) is 0 Å². The monoisotopic (exact) mass is 200 g/mol. The van der Waals surface area contributed by atoms with Gasteiger partial charge in [-0.05, 0) is 38.1 Å². The van der Waals surface area contributed by atoms with Gasteiger partial charge in [0.05, 0.1) is 0 Å². The molecule has 0 bridgehead atoms. The highest BCUT2D eigenvalue weighted by molar-refractivity contribution is 7.98. The highest BCUT2D eigenvalue weighted by Gasteiger charge is 2.41. The first-order chi connectivity index (χ1) is 6.33. The van der Waals surface area contributed by atoms with Gasteiger partial charge in [0.25, 0.3) is 0 Å². The van der Waals surface area contributed by atoms with Crippen LogP contribution in [-0.4, -0.2) is 49.1 Å². The van der Waals surface area contributed by atoms with Gasteiger partial charge in [0, 0.05) is 24.9 Å². The zero-order chi connectivity index (χ0) is 9.26. The fourth-order valence-corrected chi connectivity index (χ4v) is 3.18. The van der Waals surface area contributed by atoms with Gasteiger partial charge in [-0.2, -0.15) is 11.8 Å². The number of rotatable bonds is 3. The van der Waals surface area contributed by atoms with Crippen molar-refractivity contribution in [3.05, 3.63) is 0 Å². The molecule has 2 nitrogen and oxygen atoms in total. The molecule has 2 saturated heterocycles. The van der Waals surface area contributed by atoms with Gasteiger partial charge in [-0.1, -0.05) is 0 Å². The first kappa shape index (κ1) is 9.81. The molecular weight excluding hydrogens is 180 g/mol. The van der Waals surface area contributed by atoms with Gasteiger partial charge in [0.1, 0.15) is 0 Å². The van der Waals surface area contributed by atoms with Crippen LogP contribution in [0.25, 0.3) is 0 Å². The standard InChI is InChI=1S/C10H20N2S/c1-8-10-6-11-5-9(10)7-12(8)3-4-13-2/h8-11H,3-7H2,1-2H3. The van der Waals surface area contributed by atoms with Crippen molar-refractivity contribution in [2.75, 3.05) is 38.2 Å². The molecule has 3 atom stereocenters. The van der Waals surface area contributed by atoms with E-state index in [1.54, 1.807) is 0 Å². The van der Waals surface area contributed by atoms with Gasteiger partial charge in [-0.3, -0.25) is 4.90 Å². The molecule has 0 aliphatic carbocycles. The minimum absolute atomic E-state index is 0.812. The van der Waals surface area contributed by atoms with Crippen molar-refractivity contribution >= 4 is 11.8 Å². The molecule has 0 spiro atoms. The van der Waals surface area contributed by atoms with Crippen LogP contribution in [0.15, 0.2) is 0 Å². The Labute approximate surface area is 85.4 Å². The summed E-state index contributed by atoms with van der Waals surface area (Å²) in [5, 5.41) is 3.50. The van der Waals surface area contributed by atoms with E-state index in [9.17, 15) is 0 Å². The summed E-state index contributed by atoms with van der Waals surface area (Å²) in [4.78, 5) is 2.67. The molecule has 2 heterocycles. The number of hydrogen-bond acceptors (Lipinski definition) is 3. The molecule has 0 saturated carbocycles. The van der Waals surface area contributed by atoms with E-state index in [4.69, 9.17) is 0 Å². The van der Waals surface area contributed by atoms with E-state index in [1.807, 2.05) is 11.8 Å². The van der Waals surface area contributed by atoms with Crippen molar-refractivity contribution in [2.24, 2.45) is 11.8 Å². The van der Waals surface area contributed by atoms with Crippen LogP contribution in [0.1, 0.15) is 6.92 Å². The molecule has 76 valence electrons. The zero-order valence-electron chi connectivity index (χ0n) is 8.62. The van der Waals surface area contributed by atoms with Crippen molar-refractivity contribution in [2.45, 2.75) is 13.0 Å². The zero-order valence-corrected chi connectivity index (χ0v) is 9.44. The summed E-state index contributed by atoms with van der Waals surface area (Å²) in [5.41, 5.74) is 0. The minimum Gasteiger partial charge on any atom is -0.316 e. The molecule has 2 rings (SSSR count). The smallest absolute Gasteiger partial charge is 0.0111 e. The Morgan fingerprint density at radius 1 is 1.46 bits per heavy atom. The SMILES string of the molecule is CSCCN1CC2CNCC2C1C. The molecule has 2 aliphatic rings. The van der Waals surface area contributed by atoms with Crippen LogP contribution in [0.4, 0.5) is 0 Å². The first-order valence-corrected chi connectivity index (χ1v) is 6.66. The van der Waals surface area contributed by atoms with Crippen LogP contribution in [0.3, 0.4) is 0 Å². The van der Waals surface area contributed by atoms with Crippen molar-refractivity contribution < 1.29 is 0 Å². The third kappa shape index (κ3) is 1.88.